The van der Waals surface area contributed by atoms with Gasteiger partial charge >= 0.3 is 0 Å². The third-order valence-corrected chi connectivity index (χ3v) is 3.03. The number of hydrogen-bond acceptors (Lipinski definition) is 3. The van der Waals surface area contributed by atoms with E-state index in [0.717, 1.165) is 11.3 Å². The molecule has 0 amide bonds. The van der Waals surface area contributed by atoms with Gasteiger partial charge in [0.1, 0.15) is 0 Å². The van der Waals surface area contributed by atoms with Gasteiger partial charge in [0.25, 0.3) is 5.69 Å². The highest BCUT2D eigenvalue weighted by molar-refractivity contribution is 5.87. The average Bonchev–Trinajstić information content (AvgIpc) is 2.45. The minimum absolute atomic E-state index is 0.0679. The van der Waals surface area contributed by atoms with Crippen LogP contribution in [0.3, 0.4) is 0 Å². The van der Waals surface area contributed by atoms with Crippen molar-refractivity contribution in [2.45, 2.75) is 19.8 Å². The van der Waals surface area contributed by atoms with Crippen molar-refractivity contribution in [1.29, 1.82) is 0 Å². The van der Waals surface area contributed by atoms with E-state index in [2.05, 4.69) is 18.8 Å². The number of nitro groups is 1. The van der Waals surface area contributed by atoms with E-state index in [-0.39, 0.29) is 5.69 Å². The molecule has 0 N–H and O–H groups in total. The summed E-state index contributed by atoms with van der Waals surface area (Å²) >= 11 is 0. The molecule has 2 rings (SSSR count). The molecule has 0 atom stereocenters. The Morgan fingerprint density at radius 1 is 1.10 bits per heavy atom. The van der Waals surface area contributed by atoms with Crippen molar-refractivity contribution in [2.24, 2.45) is 4.99 Å². The zero-order valence-electron chi connectivity index (χ0n) is 11.5. The maximum absolute atomic E-state index is 11.0. The maximum Gasteiger partial charge on any atom is 0.278 e. The lowest BCUT2D eigenvalue weighted by atomic mass is 10.0. The van der Waals surface area contributed by atoms with Crippen LogP contribution in [0.15, 0.2) is 53.5 Å². The van der Waals surface area contributed by atoms with Crippen LogP contribution in [0.1, 0.15) is 30.9 Å². The number of nitro benzene ring substituents is 1. The highest BCUT2D eigenvalue weighted by Gasteiger charge is 2.10. The van der Waals surface area contributed by atoms with Crippen LogP contribution in [-0.2, 0) is 0 Å². The second-order valence-corrected chi connectivity index (χ2v) is 4.79. The first-order valence-electron chi connectivity index (χ1n) is 6.46. The number of rotatable bonds is 4. The lowest BCUT2D eigenvalue weighted by Crippen LogP contribution is -1.94. The van der Waals surface area contributed by atoms with Gasteiger partial charge in [-0.2, -0.15) is 0 Å². The largest absolute Gasteiger partial charge is 0.278 e. The topological polar surface area (TPSA) is 55.5 Å². The summed E-state index contributed by atoms with van der Waals surface area (Å²) in [7, 11) is 0. The molecule has 0 radical (unpaired) electrons. The number of hydrogen-bond donors (Lipinski definition) is 0. The molecule has 4 heteroatoms. The van der Waals surface area contributed by atoms with E-state index in [1.54, 1.807) is 24.4 Å². The summed E-state index contributed by atoms with van der Waals surface area (Å²) in [5.74, 6) is 0.356. The smallest absolute Gasteiger partial charge is 0.258 e. The molecule has 0 saturated carbocycles. The summed E-state index contributed by atoms with van der Waals surface area (Å²) in [4.78, 5) is 15.0. The third kappa shape index (κ3) is 3.09. The van der Waals surface area contributed by atoms with Gasteiger partial charge < -0.3 is 0 Å². The van der Waals surface area contributed by atoms with Crippen molar-refractivity contribution in [3.63, 3.8) is 0 Å². The molecule has 0 aromatic heterocycles. The molecule has 102 valence electrons. The number of aliphatic imine (C=N–C) groups is 1. The highest BCUT2D eigenvalue weighted by atomic mass is 16.6. The summed E-state index contributed by atoms with van der Waals surface area (Å²) < 4.78 is 0. The molecule has 0 aliphatic rings. The predicted molar refractivity (Wildman–Crippen MR) is 80.9 cm³/mol. The number of para-hydroxylation sites is 2. The number of nitrogens with zero attached hydrogens (tertiary/aromatic N) is 2. The van der Waals surface area contributed by atoms with Crippen molar-refractivity contribution in [3.05, 3.63) is 69.8 Å². The van der Waals surface area contributed by atoms with Gasteiger partial charge in [0, 0.05) is 12.3 Å². The maximum atomic E-state index is 11.0. The standard InChI is InChI=1S/C16H16N2O2/c1-12(2)14-8-4-5-9-15(14)17-11-13-7-3-6-10-16(13)18(19)20/h3-12H,1-2H3. The fourth-order valence-corrected chi connectivity index (χ4v) is 2.00. The van der Waals surface area contributed by atoms with Gasteiger partial charge in [0.15, 0.2) is 0 Å². The second kappa shape index (κ2) is 6.10. The fourth-order valence-electron chi connectivity index (χ4n) is 2.00. The van der Waals surface area contributed by atoms with Crippen LogP contribution < -0.4 is 0 Å². The molecule has 20 heavy (non-hydrogen) atoms. The molecule has 0 aliphatic carbocycles. The minimum Gasteiger partial charge on any atom is -0.258 e. The van der Waals surface area contributed by atoms with Crippen LogP contribution in [-0.4, -0.2) is 11.1 Å². The van der Waals surface area contributed by atoms with Crippen molar-refractivity contribution < 1.29 is 4.92 Å². The number of benzene rings is 2. The van der Waals surface area contributed by atoms with E-state index in [0.29, 0.717) is 11.5 Å². The molecule has 0 fully saturated rings. The second-order valence-electron chi connectivity index (χ2n) is 4.79. The molecular formula is C16H16N2O2. The van der Waals surface area contributed by atoms with E-state index in [1.165, 1.54) is 6.07 Å². The van der Waals surface area contributed by atoms with Gasteiger partial charge in [-0.3, -0.25) is 15.1 Å². The zero-order valence-corrected chi connectivity index (χ0v) is 11.5. The van der Waals surface area contributed by atoms with Crippen molar-refractivity contribution in [1.82, 2.24) is 0 Å². The zero-order chi connectivity index (χ0) is 14.5. The molecule has 2 aromatic carbocycles. The lowest BCUT2D eigenvalue weighted by Gasteiger charge is -2.08. The molecule has 0 heterocycles. The molecule has 0 spiro atoms. The monoisotopic (exact) mass is 268 g/mol. The van der Waals surface area contributed by atoms with E-state index in [4.69, 9.17) is 0 Å². The van der Waals surface area contributed by atoms with Gasteiger partial charge in [-0.25, -0.2) is 0 Å². The van der Waals surface area contributed by atoms with Crippen LogP contribution in [0.4, 0.5) is 11.4 Å². The van der Waals surface area contributed by atoms with Crippen molar-refractivity contribution in [3.8, 4) is 0 Å². The summed E-state index contributed by atoms with van der Waals surface area (Å²) in [6.45, 7) is 4.19. The Morgan fingerprint density at radius 2 is 1.75 bits per heavy atom. The van der Waals surface area contributed by atoms with E-state index < -0.39 is 4.92 Å². The van der Waals surface area contributed by atoms with Crippen LogP contribution in [0, 0.1) is 10.1 Å². The van der Waals surface area contributed by atoms with E-state index in [9.17, 15) is 10.1 Å². The first-order valence-corrected chi connectivity index (χ1v) is 6.46. The first kappa shape index (κ1) is 13.9. The SMILES string of the molecule is CC(C)c1ccccc1N=Cc1ccccc1[N+](=O)[O-]. The van der Waals surface area contributed by atoms with Crippen molar-refractivity contribution in [2.75, 3.05) is 0 Å². The summed E-state index contributed by atoms with van der Waals surface area (Å²) in [5, 5.41) is 11.0. The normalized spacial score (nSPS) is 11.2. The Morgan fingerprint density at radius 3 is 2.45 bits per heavy atom. The average molecular weight is 268 g/mol. The Kier molecular flexibility index (Phi) is 4.25. The molecule has 0 aliphatic heterocycles. The predicted octanol–water partition coefficient (Wildman–Crippen LogP) is 4.47. The van der Waals surface area contributed by atoms with Gasteiger partial charge in [-0.05, 0) is 23.6 Å². The summed E-state index contributed by atoms with van der Waals surface area (Å²) in [6, 6.07) is 14.4. The Labute approximate surface area is 117 Å². The van der Waals surface area contributed by atoms with Crippen LogP contribution >= 0.6 is 0 Å². The van der Waals surface area contributed by atoms with E-state index in [1.807, 2.05) is 24.3 Å². The quantitative estimate of drug-likeness (QED) is 0.466. The molecule has 0 unspecified atom stereocenters. The summed E-state index contributed by atoms with van der Waals surface area (Å²) in [5.41, 5.74) is 2.55. The molecule has 2 aromatic rings. The van der Waals surface area contributed by atoms with Gasteiger partial charge in [-0.15, -0.1) is 0 Å². The molecular weight excluding hydrogens is 252 g/mol. The molecule has 0 bridgehead atoms. The minimum atomic E-state index is -0.393. The Hall–Kier alpha value is -2.49. The van der Waals surface area contributed by atoms with Gasteiger partial charge in [-0.1, -0.05) is 44.2 Å². The van der Waals surface area contributed by atoms with Crippen molar-refractivity contribution >= 4 is 17.6 Å². The van der Waals surface area contributed by atoms with E-state index >= 15 is 0 Å². The summed E-state index contributed by atoms with van der Waals surface area (Å²) in [6.07, 6.45) is 1.55. The van der Waals surface area contributed by atoms with Crippen LogP contribution in [0.2, 0.25) is 0 Å². The molecule has 0 saturated heterocycles. The fraction of sp³-hybridized carbons (Fsp3) is 0.188. The molecule has 4 nitrogen and oxygen atoms in total. The van der Waals surface area contributed by atoms with Crippen LogP contribution in [0.25, 0.3) is 0 Å². The first-order chi connectivity index (χ1) is 9.59. The lowest BCUT2D eigenvalue weighted by molar-refractivity contribution is -0.385. The van der Waals surface area contributed by atoms with Gasteiger partial charge in [0.2, 0.25) is 0 Å². The third-order valence-electron chi connectivity index (χ3n) is 3.03. The Bertz CT molecular complexity index is 648. The van der Waals surface area contributed by atoms with Crippen LogP contribution in [0.5, 0.6) is 0 Å². The van der Waals surface area contributed by atoms with Gasteiger partial charge in [0.05, 0.1) is 16.2 Å². The Balaban J connectivity index is 2.38. The highest BCUT2D eigenvalue weighted by Crippen LogP contribution is 2.26.